The number of rotatable bonds is 6. The van der Waals surface area contributed by atoms with Crippen LogP contribution in [0.25, 0.3) is 0 Å². The summed E-state index contributed by atoms with van der Waals surface area (Å²) in [6.07, 6.45) is 2.82. The van der Waals surface area contributed by atoms with Gasteiger partial charge in [-0.3, -0.25) is 4.99 Å². The van der Waals surface area contributed by atoms with E-state index in [1.807, 2.05) is 25.2 Å². The highest BCUT2D eigenvalue weighted by atomic mass is 127. The lowest BCUT2D eigenvalue weighted by atomic mass is 10.4. The first-order chi connectivity index (χ1) is 10.6. The first-order valence-electron chi connectivity index (χ1n) is 7.06. The molecule has 23 heavy (non-hydrogen) atoms. The third-order valence-corrected chi connectivity index (χ3v) is 4.91. The zero-order valence-corrected chi connectivity index (χ0v) is 17.8. The van der Waals surface area contributed by atoms with Crippen LogP contribution in [0, 0.1) is 6.92 Å². The van der Waals surface area contributed by atoms with Crippen molar-refractivity contribution in [2.45, 2.75) is 19.9 Å². The van der Waals surface area contributed by atoms with Crippen LogP contribution < -0.4 is 15.5 Å². The van der Waals surface area contributed by atoms with E-state index >= 15 is 0 Å². The number of aliphatic imine (C=N–C) groups is 1. The van der Waals surface area contributed by atoms with E-state index in [0.717, 1.165) is 34.8 Å². The highest BCUT2D eigenvalue weighted by molar-refractivity contribution is 14.0. The van der Waals surface area contributed by atoms with Gasteiger partial charge in [-0.15, -0.1) is 46.7 Å². The molecule has 2 rings (SSSR count). The Hall–Kier alpha value is -0.940. The molecule has 128 valence electrons. The molecular formula is C14H23IN6S2. The highest BCUT2D eigenvalue weighted by Gasteiger charge is 2.05. The van der Waals surface area contributed by atoms with Gasteiger partial charge in [0, 0.05) is 50.6 Å². The second kappa shape index (κ2) is 10.0. The summed E-state index contributed by atoms with van der Waals surface area (Å²) >= 11 is 3.38. The second-order valence-corrected chi connectivity index (χ2v) is 7.14. The van der Waals surface area contributed by atoms with Gasteiger partial charge in [0.25, 0.3) is 0 Å². The first kappa shape index (κ1) is 20.1. The zero-order chi connectivity index (χ0) is 15.9. The minimum atomic E-state index is 0. The van der Waals surface area contributed by atoms with Crippen molar-refractivity contribution in [2.75, 3.05) is 32.6 Å². The van der Waals surface area contributed by atoms with Crippen LogP contribution in [0.5, 0.6) is 0 Å². The number of aromatic nitrogens is 2. The molecular weight excluding hydrogens is 443 g/mol. The molecule has 2 aromatic heterocycles. The van der Waals surface area contributed by atoms with E-state index in [9.17, 15) is 0 Å². The van der Waals surface area contributed by atoms with Gasteiger partial charge in [0.05, 0.1) is 17.2 Å². The van der Waals surface area contributed by atoms with Gasteiger partial charge in [0.15, 0.2) is 11.1 Å². The lowest BCUT2D eigenvalue weighted by Crippen LogP contribution is -2.37. The Labute approximate surface area is 162 Å². The summed E-state index contributed by atoms with van der Waals surface area (Å²) < 4.78 is 0. The fourth-order valence-electron chi connectivity index (χ4n) is 1.78. The largest absolute Gasteiger partial charge is 0.356 e. The number of anilines is 1. The maximum absolute atomic E-state index is 4.54. The van der Waals surface area contributed by atoms with Crippen molar-refractivity contribution in [2.24, 2.45) is 4.99 Å². The summed E-state index contributed by atoms with van der Waals surface area (Å²) in [6, 6.07) is 0. The van der Waals surface area contributed by atoms with E-state index in [1.54, 1.807) is 29.7 Å². The van der Waals surface area contributed by atoms with Gasteiger partial charge >= 0.3 is 0 Å². The SMILES string of the molecule is CN=C(NCCc1ncc(C)s1)NCc1csc(N(C)C)n1.I. The molecule has 0 radical (unpaired) electrons. The normalized spacial score (nSPS) is 11.0. The predicted molar refractivity (Wildman–Crippen MR) is 111 cm³/mol. The Morgan fingerprint density at radius 3 is 2.70 bits per heavy atom. The standard InChI is InChI=1S/C14H22N6S2.HI/c1-10-7-17-12(22-10)5-6-16-13(15-2)18-8-11-9-21-14(19-11)20(3)4;/h7,9H,5-6,8H2,1-4H3,(H2,15,16,18);1H. The molecule has 0 aliphatic carbocycles. The molecule has 0 aromatic carbocycles. The van der Waals surface area contributed by atoms with Gasteiger partial charge < -0.3 is 15.5 Å². The lowest BCUT2D eigenvalue weighted by Gasteiger charge is -2.10. The summed E-state index contributed by atoms with van der Waals surface area (Å²) in [7, 11) is 5.77. The van der Waals surface area contributed by atoms with Crippen LogP contribution in [0.2, 0.25) is 0 Å². The Kier molecular flexibility index (Phi) is 8.77. The molecule has 0 fully saturated rings. The van der Waals surface area contributed by atoms with E-state index in [4.69, 9.17) is 0 Å². The van der Waals surface area contributed by atoms with Gasteiger partial charge in [-0.25, -0.2) is 9.97 Å². The number of hydrogen-bond donors (Lipinski definition) is 2. The van der Waals surface area contributed by atoms with Crippen LogP contribution in [0.15, 0.2) is 16.6 Å². The summed E-state index contributed by atoms with van der Waals surface area (Å²) in [5.41, 5.74) is 1.02. The summed E-state index contributed by atoms with van der Waals surface area (Å²) in [6.45, 7) is 3.55. The quantitative estimate of drug-likeness (QED) is 0.389. The van der Waals surface area contributed by atoms with Crippen LogP contribution >= 0.6 is 46.7 Å². The monoisotopic (exact) mass is 466 g/mol. The van der Waals surface area contributed by atoms with Crippen molar-refractivity contribution >= 4 is 57.7 Å². The number of thiazole rings is 2. The number of aryl methyl sites for hydroxylation is 1. The summed E-state index contributed by atoms with van der Waals surface area (Å²) in [5, 5.41) is 10.8. The first-order valence-corrected chi connectivity index (χ1v) is 8.75. The molecule has 0 atom stereocenters. The van der Waals surface area contributed by atoms with Gasteiger partial charge in [0.1, 0.15) is 0 Å². The molecule has 0 saturated carbocycles. The van der Waals surface area contributed by atoms with E-state index < -0.39 is 0 Å². The summed E-state index contributed by atoms with van der Waals surface area (Å²) in [5.74, 6) is 0.785. The fourth-order valence-corrected chi connectivity index (χ4v) is 3.33. The molecule has 6 nitrogen and oxygen atoms in total. The number of nitrogens with one attached hydrogen (secondary N) is 2. The molecule has 2 heterocycles. The summed E-state index contributed by atoms with van der Waals surface area (Å²) in [4.78, 5) is 16.4. The number of nitrogens with zero attached hydrogens (tertiary/aromatic N) is 4. The molecule has 0 aliphatic heterocycles. The Morgan fingerprint density at radius 2 is 2.13 bits per heavy atom. The van der Waals surface area contributed by atoms with Crippen molar-refractivity contribution in [1.82, 2.24) is 20.6 Å². The maximum Gasteiger partial charge on any atom is 0.191 e. The minimum Gasteiger partial charge on any atom is -0.356 e. The highest BCUT2D eigenvalue weighted by Crippen LogP contribution is 2.17. The van der Waals surface area contributed by atoms with Gasteiger partial charge in [-0.05, 0) is 6.92 Å². The number of guanidine groups is 1. The third-order valence-electron chi connectivity index (χ3n) is 2.88. The van der Waals surface area contributed by atoms with Gasteiger partial charge in [-0.1, -0.05) is 0 Å². The Bertz CT molecular complexity index is 622. The third kappa shape index (κ3) is 6.60. The molecule has 0 saturated heterocycles. The lowest BCUT2D eigenvalue weighted by molar-refractivity contribution is 0.783. The Morgan fingerprint density at radius 1 is 1.35 bits per heavy atom. The average molecular weight is 466 g/mol. The van der Waals surface area contributed by atoms with Crippen molar-refractivity contribution < 1.29 is 0 Å². The fraction of sp³-hybridized carbons (Fsp3) is 0.500. The predicted octanol–water partition coefficient (Wildman–Crippen LogP) is 2.50. The minimum absolute atomic E-state index is 0. The second-order valence-electron chi connectivity index (χ2n) is 4.98. The number of halogens is 1. The van der Waals surface area contributed by atoms with E-state index in [0.29, 0.717) is 6.54 Å². The van der Waals surface area contributed by atoms with E-state index in [2.05, 4.69) is 37.9 Å². The van der Waals surface area contributed by atoms with Crippen LogP contribution in [0.4, 0.5) is 5.13 Å². The Balaban J connectivity index is 0.00000264. The zero-order valence-electron chi connectivity index (χ0n) is 13.8. The molecule has 0 aliphatic rings. The number of hydrogen-bond acceptors (Lipinski definition) is 6. The molecule has 2 aromatic rings. The average Bonchev–Trinajstić information content (AvgIpc) is 3.11. The van der Waals surface area contributed by atoms with Crippen molar-refractivity contribution in [3.63, 3.8) is 0 Å². The van der Waals surface area contributed by atoms with Crippen molar-refractivity contribution in [1.29, 1.82) is 0 Å². The van der Waals surface area contributed by atoms with Crippen LogP contribution in [-0.4, -0.2) is 43.6 Å². The van der Waals surface area contributed by atoms with E-state index in [-0.39, 0.29) is 24.0 Å². The van der Waals surface area contributed by atoms with Gasteiger partial charge in [-0.2, -0.15) is 0 Å². The van der Waals surface area contributed by atoms with Crippen molar-refractivity contribution in [3.05, 3.63) is 27.2 Å². The molecule has 9 heteroatoms. The van der Waals surface area contributed by atoms with E-state index in [1.165, 1.54) is 4.88 Å². The van der Waals surface area contributed by atoms with Crippen molar-refractivity contribution in [3.8, 4) is 0 Å². The maximum atomic E-state index is 4.54. The van der Waals surface area contributed by atoms with Crippen LogP contribution in [-0.2, 0) is 13.0 Å². The smallest absolute Gasteiger partial charge is 0.191 e. The molecule has 0 bridgehead atoms. The van der Waals surface area contributed by atoms with Crippen LogP contribution in [0.3, 0.4) is 0 Å². The molecule has 0 unspecified atom stereocenters. The topological polar surface area (TPSA) is 65.4 Å². The molecule has 0 spiro atoms. The van der Waals surface area contributed by atoms with Gasteiger partial charge in [0.2, 0.25) is 0 Å². The molecule has 2 N–H and O–H groups in total. The van der Waals surface area contributed by atoms with Crippen LogP contribution in [0.1, 0.15) is 15.6 Å². The molecule has 0 amide bonds.